The second-order valence-electron chi connectivity index (χ2n) is 16.0. The first-order valence-electron chi connectivity index (χ1n) is 19.1. The van der Waals surface area contributed by atoms with Crippen LogP contribution in [0.15, 0.2) is 12.1 Å². The molecule has 2 aromatic heterocycles. The number of nitrogen functional groups attached to an aromatic ring is 1. The number of likely N-dealkylation sites (tertiary alicyclic amines) is 1. The SMILES string of the molecule is Nc1ccc(C(F)(F)F)c([C@@H]2Cc3nc(OC[C@@]45CCCN4C[C@H](F)C5)nc(N4CCCn5nc(C(=O)N6CC7(CCCCN7)C6)c(Cl)c5C4)c3CO2)c1F. The fraction of sp³-hybridized carbons (Fsp3) is 0.622. The van der Waals surface area contributed by atoms with Gasteiger partial charge >= 0.3 is 12.2 Å². The van der Waals surface area contributed by atoms with E-state index >= 15 is 4.39 Å². The Bertz CT molecular complexity index is 2000. The summed E-state index contributed by atoms with van der Waals surface area (Å²) in [5.41, 5.74) is 4.57. The summed E-state index contributed by atoms with van der Waals surface area (Å²) in [4.78, 5) is 29.0. The smallest absolute Gasteiger partial charge is 0.416 e. The average Bonchev–Trinajstić information content (AvgIpc) is 3.72. The van der Waals surface area contributed by atoms with E-state index < -0.39 is 46.6 Å². The second kappa shape index (κ2) is 13.7. The first kappa shape index (κ1) is 36.8. The zero-order chi connectivity index (χ0) is 38.3. The van der Waals surface area contributed by atoms with Crippen LogP contribution in [-0.2, 0) is 37.0 Å². The highest BCUT2D eigenvalue weighted by Crippen LogP contribution is 2.44. The van der Waals surface area contributed by atoms with Crippen LogP contribution in [0.5, 0.6) is 6.01 Å². The molecule has 12 nitrogen and oxygen atoms in total. The molecule has 0 saturated carbocycles. The first-order valence-corrected chi connectivity index (χ1v) is 19.4. The number of halogens is 6. The number of ether oxygens (including phenoxy) is 2. The number of amides is 1. The third-order valence-electron chi connectivity index (χ3n) is 12.4. The minimum absolute atomic E-state index is 0.0234. The Labute approximate surface area is 319 Å². The van der Waals surface area contributed by atoms with Gasteiger partial charge in [0.05, 0.1) is 58.0 Å². The van der Waals surface area contributed by atoms with E-state index in [0.717, 1.165) is 57.3 Å². The predicted octanol–water partition coefficient (Wildman–Crippen LogP) is 5.21. The van der Waals surface area contributed by atoms with Crippen molar-refractivity contribution in [3.05, 3.63) is 56.7 Å². The van der Waals surface area contributed by atoms with Gasteiger partial charge in [0.25, 0.3) is 5.91 Å². The average molecular weight is 792 g/mol. The predicted molar refractivity (Wildman–Crippen MR) is 191 cm³/mol. The van der Waals surface area contributed by atoms with Gasteiger partial charge in [0.2, 0.25) is 0 Å². The largest absolute Gasteiger partial charge is 0.461 e. The van der Waals surface area contributed by atoms with Gasteiger partial charge in [-0.1, -0.05) is 18.0 Å². The maximum atomic E-state index is 15.4. The van der Waals surface area contributed by atoms with Crippen LogP contribution in [0, 0.1) is 5.82 Å². The number of carbonyl (C=O) groups is 1. The van der Waals surface area contributed by atoms with Gasteiger partial charge in [0, 0.05) is 56.7 Å². The van der Waals surface area contributed by atoms with Crippen molar-refractivity contribution in [2.75, 3.05) is 56.5 Å². The summed E-state index contributed by atoms with van der Waals surface area (Å²) in [6.45, 7) is 4.31. The van der Waals surface area contributed by atoms with Crippen LogP contribution in [0.25, 0.3) is 0 Å². The fourth-order valence-electron chi connectivity index (χ4n) is 9.64. The number of aromatic nitrogens is 4. The van der Waals surface area contributed by atoms with Gasteiger partial charge in [-0.15, -0.1) is 0 Å². The van der Waals surface area contributed by atoms with Crippen molar-refractivity contribution in [1.82, 2.24) is 34.9 Å². The number of nitrogens with two attached hydrogens (primary N) is 1. The summed E-state index contributed by atoms with van der Waals surface area (Å²) < 4.78 is 86.6. The highest BCUT2D eigenvalue weighted by Gasteiger charge is 2.50. The summed E-state index contributed by atoms with van der Waals surface area (Å²) in [6, 6.07) is 1.63. The number of rotatable bonds is 6. The van der Waals surface area contributed by atoms with Crippen LogP contribution in [-0.4, -0.2) is 98.6 Å². The van der Waals surface area contributed by atoms with Crippen molar-refractivity contribution in [2.24, 2.45) is 0 Å². The lowest BCUT2D eigenvalue weighted by Crippen LogP contribution is -2.71. The van der Waals surface area contributed by atoms with Crippen LogP contribution in [0.3, 0.4) is 0 Å². The van der Waals surface area contributed by atoms with Crippen LogP contribution >= 0.6 is 11.6 Å². The molecule has 3 aromatic rings. The van der Waals surface area contributed by atoms with Crippen molar-refractivity contribution in [3.8, 4) is 6.01 Å². The van der Waals surface area contributed by atoms with Crippen molar-refractivity contribution in [3.63, 3.8) is 0 Å². The number of nitrogens with zero attached hydrogens (tertiary/aromatic N) is 7. The van der Waals surface area contributed by atoms with E-state index in [1.165, 1.54) is 0 Å². The molecule has 18 heteroatoms. The molecule has 4 fully saturated rings. The highest BCUT2D eigenvalue weighted by atomic mass is 35.5. The molecule has 3 atom stereocenters. The van der Waals surface area contributed by atoms with Crippen LogP contribution in [0.4, 0.5) is 33.5 Å². The van der Waals surface area contributed by atoms with E-state index in [-0.39, 0.29) is 54.4 Å². The van der Waals surface area contributed by atoms with Gasteiger partial charge in [-0.25, -0.2) is 8.78 Å². The Balaban J connectivity index is 1.04. The van der Waals surface area contributed by atoms with E-state index in [2.05, 4.69) is 20.3 Å². The number of anilines is 2. The standard InChI is InChI=1S/C37H43ClF5N9O3/c38-29-26-16-49(10-4-12-52(26)48-31(29)33(53)50-18-35(19-50)7-1-2-9-45-35)32-22-17-54-27(28-23(37(41,42)43)5-6-24(44)30(28)40)13-25(22)46-34(47-32)55-20-36-8-3-11-51(36)15-21(39)14-36/h5-6,21,27,45H,1-4,7-20,44H2/t21-,27+,36+/m1/s1. The number of alkyl halides is 4. The molecular formula is C37H43ClF5N9O3. The second-order valence-corrected chi connectivity index (χ2v) is 16.4. The molecule has 4 saturated heterocycles. The fourth-order valence-corrected chi connectivity index (χ4v) is 9.91. The Morgan fingerprint density at radius 2 is 1.95 bits per heavy atom. The molecule has 296 valence electrons. The maximum absolute atomic E-state index is 15.4. The number of nitrogens with one attached hydrogen (secondary N) is 1. The van der Waals surface area contributed by atoms with Crippen molar-refractivity contribution < 1.29 is 36.2 Å². The molecule has 3 N–H and O–H groups in total. The molecule has 0 bridgehead atoms. The van der Waals surface area contributed by atoms with E-state index in [1.54, 1.807) is 9.58 Å². The van der Waals surface area contributed by atoms with Gasteiger partial charge in [-0.2, -0.15) is 28.2 Å². The topological polar surface area (TPSA) is 127 Å². The normalized spacial score (nSPS) is 26.4. The quantitative estimate of drug-likeness (QED) is 0.254. The highest BCUT2D eigenvalue weighted by molar-refractivity contribution is 6.34. The van der Waals surface area contributed by atoms with Crippen molar-refractivity contribution >= 4 is 29.0 Å². The number of aryl methyl sites for hydroxylation is 1. The number of benzene rings is 1. The lowest BCUT2D eigenvalue weighted by Gasteiger charge is -2.52. The van der Waals surface area contributed by atoms with E-state index in [4.69, 9.17) is 31.8 Å². The monoisotopic (exact) mass is 791 g/mol. The van der Waals surface area contributed by atoms with Gasteiger partial charge in [0.15, 0.2) is 11.5 Å². The summed E-state index contributed by atoms with van der Waals surface area (Å²) in [7, 11) is 0. The Morgan fingerprint density at radius 3 is 2.73 bits per heavy atom. The zero-order valence-electron chi connectivity index (χ0n) is 30.2. The zero-order valence-corrected chi connectivity index (χ0v) is 31.0. The molecule has 55 heavy (non-hydrogen) atoms. The van der Waals surface area contributed by atoms with Gasteiger partial charge in [-0.05, 0) is 57.3 Å². The minimum atomic E-state index is -4.86. The number of hydrogen-bond acceptors (Lipinski definition) is 10. The number of carbonyl (C=O) groups excluding carboxylic acids is 1. The lowest BCUT2D eigenvalue weighted by atomic mass is 9.81. The van der Waals surface area contributed by atoms with Crippen molar-refractivity contribution in [2.45, 2.75) is 101 Å². The van der Waals surface area contributed by atoms with E-state index in [1.807, 2.05) is 4.90 Å². The minimum Gasteiger partial charge on any atom is -0.461 e. The molecule has 8 heterocycles. The third-order valence-corrected chi connectivity index (χ3v) is 12.8. The van der Waals surface area contributed by atoms with Crippen molar-refractivity contribution in [1.29, 1.82) is 0 Å². The molecule has 0 radical (unpaired) electrons. The van der Waals surface area contributed by atoms with Gasteiger partial charge < -0.3 is 30.3 Å². The number of hydrogen-bond donors (Lipinski definition) is 2. The Morgan fingerprint density at radius 1 is 1.11 bits per heavy atom. The van der Waals surface area contributed by atoms with Crippen LogP contribution in [0.2, 0.25) is 5.02 Å². The number of piperidine rings is 1. The van der Waals surface area contributed by atoms with E-state index in [0.29, 0.717) is 68.3 Å². The van der Waals surface area contributed by atoms with E-state index in [9.17, 15) is 22.4 Å². The maximum Gasteiger partial charge on any atom is 0.416 e. The molecule has 0 aliphatic carbocycles. The molecule has 1 spiro atoms. The molecule has 1 amide bonds. The van der Waals surface area contributed by atoms with Gasteiger partial charge in [0.1, 0.15) is 18.6 Å². The lowest BCUT2D eigenvalue weighted by molar-refractivity contribution is -0.140. The van der Waals surface area contributed by atoms with Gasteiger partial charge in [-0.3, -0.25) is 14.4 Å². The molecule has 6 aliphatic rings. The number of fused-ring (bicyclic) bond motifs is 3. The summed E-state index contributed by atoms with van der Waals surface area (Å²) in [5.74, 6) is -0.996. The summed E-state index contributed by atoms with van der Waals surface area (Å²) in [5, 5.41) is 8.49. The Hall–Kier alpha value is -3.80. The summed E-state index contributed by atoms with van der Waals surface area (Å²) >= 11 is 6.96. The molecule has 6 aliphatic heterocycles. The molecule has 1 aromatic carbocycles. The first-order chi connectivity index (χ1) is 26.3. The summed E-state index contributed by atoms with van der Waals surface area (Å²) in [6.07, 6.45) is -1.56. The third kappa shape index (κ3) is 6.48. The molecular weight excluding hydrogens is 749 g/mol. The molecule has 9 rings (SSSR count). The van der Waals surface area contributed by atoms with Crippen LogP contribution in [0.1, 0.15) is 89.6 Å². The Kier molecular flexibility index (Phi) is 9.17. The van der Waals surface area contributed by atoms with Crippen LogP contribution < -0.4 is 20.7 Å². The molecule has 0 unspecified atom stereocenters.